The van der Waals surface area contributed by atoms with Crippen molar-refractivity contribution in [3.63, 3.8) is 0 Å². The van der Waals surface area contributed by atoms with Crippen LogP contribution in [-0.2, 0) is 11.3 Å². The number of guanidine groups is 1. The van der Waals surface area contributed by atoms with Gasteiger partial charge in [0, 0.05) is 44.8 Å². The number of halogens is 3. The van der Waals surface area contributed by atoms with Crippen molar-refractivity contribution in [2.24, 2.45) is 4.99 Å². The molecule has 0 saturated carbocycles. The Morgan fingerprint density at radius 1 is 1.30 bits per heavy atom. The maximum Gasteiger partial charge on any atom is 0.324 e. The summed E-state index contributed by atoms with van der Waals surface area (Å²) in [5.41, 5.74) is 0.0872. The number of hydrogen-bond acceptors (Lipinski definition) is 4. The number of aliphatic imine (C=N–C) groups is 1. The Bertz CT molecular complexity index is 758. The topological polar surface area (TPSA) is 89.1 Å². The van der Waals surface area contributed by atoms with Crippen LogP contribution in [0.5, 0.6) is 0 Å². The Hall–Kier alpha value is -2.02. The van der Waals surface area contributed by atoms with Crippen molar-refractivity contribution in [1.29, 1.82) is 0 Å². The molecule has 0 spiro atoms. The molecule has 0 aromatic heterocycles. The van der Waals surface area contributed by atoms with Gasteiger partial charge in [0.05, 0.1) is 6.54 Å². The molecule has 1 atom stereocenters. The van der Waals surface area contributed by atoms with Crippen LogP contribution in [0.2, 0.25) is 0 Å². The summed E-state index contributed by atoms with van der Waals surface area (Å²) in [6.45, 7) is 2.26. The summed E-state index contributed by atoms with van der Waals surface area (Å²) in [4.78, 5) is 30.5. The van der Waals surface area contributed by atoms with E-state index >= 15 is 0 Å². The van der Waals surface area contributed by atoms with Crippen LogP contribution in [0.3, 0.4) is 0 Å². The predicted octanol–water partition coefficient (Wildman–Crippen LogP) is 1.26. The molecule has 0 radical (unpaired) electrons. The second kappa shape index (κ2) is 11.4. The number of carbonyl (C=O) groups is 2. The molecular weight excluding hydrogens is 509 g/mol. The molecule has 1 unspecified atom stereocenters. The van der Waals surface area contributed by atoms with E-state index < -0.39 is 11.6 Å². The van der Waals surface area contributed by atoms with Gasteiger partial charge in [-0.25, -0.2) is 13.6 Å². The fourth-order valence-corrected chi connectivity index (χ4v) is 3.58. The lowest BCUT2D eigenvalue weighted by atomic mass is 10.0. The van der Waals surface area contributed by atoms with E-state index in [1.807, 2.05) is 4.90 Å². The molecule has 0 bridgehead atoms. The predicted molar refractivity (Wildman–Crippen MR) is 120 cm³/mol. The minimum atomic E-state index is -0.530. The van der Waals surface area contributed by atoms with Crippen molar-refractivity contribution >= 4 is 41.9 Å². The Balaban J connectivity index is 0.00000320. The molecule has 30 heavy (non-hydrogen) atoms. The highest BCUT2D eigenvalue weighted by atomic mass is 127. The molecule has 3 N–H and O–H groups in total. The number of amides is 3. The number of urea groups is 1. The van der Waals surface area contributed by atoms with Crippen LogP contribution >= 0.6 is 24.0 Å². The summed E-state index contributed by atoms with van der Waals surface area (Å²) in [7, 11) is 1.64. The Morgan fingerprint density at radius 2 is 2.03 bits per heavy atom. The zero-order chi connectivity index (χ0) is 20.8. The van der Waals surface area contributed by atoms with Crippen molar-refractivity contribution in [3.05, 3.63) is 35.4 Å². The van der Waals surface area contributed by atoms with Gasteiger partial charge in [-0.1, -0.05) is 6.07 Å². The molecule has 2 saturated heterocycles. The summed E-state index contributed by atoms with van der Waals surface area (Å²) in [5, 5.41) is 8.87. The Kier molecular flexibility index (Phi) is 9.21. The zero-order valence-corrected chi connectivity index (χ0v) is 19.1. The molecule has 8 nitrogen and oxygen atoms in total. The molecule has 1 aromatic rings. The smallest absolute Gasteiger partial charge is 0.324 e. The fourth-order valence-electron chi connectivity index (χ4n) is 3.58. The lowest BCUT2D eigenvalue weighted by molar-refractivity contribution is -0.124. The van der Waals surface area contributed by atoms with E-state index in [1.165, 1.54) is 18.2 Å². The largest absolute Gasteiger partial charge is 0.355 e. The lowest BCUT2D eigenvalue weighted by Gasteiger charge is -2.34. The average Bonchev–Trinajstić information content (AvgIpc) is 3.02. The minimum Gasteiger partial charge on any atom is -0.355 e. The number of nitrogens with one attached hydrogen (secondary N) is 3. The molecule has 1 aromatic carbocycles. The normalized spacial score (nSPS) is 20.0. The van der Waals surface area contributed by atoms with Gasteiger partial charge in [0.15, 0.2) is 5.96 Å². The van der Waals surface area contributed by atoms with E-state index in [4.69, 9.17) is 0 Å². The Labute approximate surface area is 191 Å². The number of nitrogens with zero attached hydrogens (tertiary/aromatic N) is 3. The van der Waals surface area contributed by atoms with Crippen LogP contribution < -0.4 is 16.0 Å². The first-order valence-electron chi connectivity index (χ1n) is 9.68. The number of imide groups is 1. The molecule has 2 aliphatic rings. The second-order valence-corrected chi connectivity index (χ2v) is 7.12. The number of likely N-dealkylation sites (tertiary alicyclic amines) is 1. The number of benzene rings is 1. The van der Waals surface area contributed by atoms with Crippen molar-refractivity contribution < 1.29 is 18.4 Å². The van der Waals surface area contributed by atoms with Gasteiger partial charge in [0.1, 0.15) is 11.6 Å². The lowest BCUT2D eigenvalue weighted by Crippen LogP contribution is -2.52. The molecule has 2 heterocycles. The van der Waals surface area contributed by atoms with Gasteiger partial charge in [-0.2, -0.15) is 0 Å². The maximum absolute atomic E-state index is 13.9. The first kappa shape index (κ1) is 24.3. The van der Waals surface area contributed by atoms with Gasteiger partial charge < -0.3 is 16.0 Å². The van der Waals surface area contributed by atoms with Crippen LogP contribution in [0.1, 0.15) is 18.4 Å². The van der Waals surface area contributed by atoms with E-state index in [0.29, 0.717) is 19.0 Å². The SMILES string of the molecule is CN=C(NCCN1C(=O)CNC1=O)NC1CCCN(Cc2c(F)cccc2F)C1.I. The first-order valence-corrected chi connectivity index (χ1v) is 9.68. The van der Waals surface area contributed by atoms with Gasteiger partial charge in [-0.15, -0.1) is 24.0 Å². The highest BCUT2D eigenvalue weighted by Gasteiger charge is 2.28. The van der Waals surface area contributed by atoms with E-state index in [1.54, 1.807) is 7.05 Å². The molecule has 2 aliphatic heterocycles. The van der Waals surface area contributed by atoms with Crippen molar-refractivity contribution in [2.75, 3.05) is 39.8 Å². The van der Waals surface area contributed by atoms with E-state index in [-0.39, 0.29) is 67.2 Å². The Morgan fingerprint density at radius 3 is 2.67 bits per heavy atom. The van der Waals surface area contributed by atoms with E-state index in [9.17, 15) is 18.4 Å². The van der Waals surface area contributed by atoms with Gasteiger partial charge >= 0.3 is 6.03 Å². The quantitative estimate of drug-likeness (QED) is 0.221. The van der Waals surface area contributed by atoms with Crippen LogP contribution in [-0.4, -0.2) is 73.5 Å². The van der Waals surface area contributed by atoms with E-state index in [2.05, 4.69) is 20.9 Å². The summed E-state index contributed by atoms with van der Waals surface area (Å²) in [5.74, 6) is -0.750. The van der Waals surface area contributed by atoms with Crippen molar-refractivity contribution in [3.8, 4) is 0 Å². The van der Waals surface area contributed by atoms with Crippen LogP contribution in [0.15, 0.2) is 23.2 Å². The third kappa shape index (κ3) is 6.24. The third-order valence-electron chi connectivity index (χ3n) is 5.08. The van der Waals surface area contributed by atoms with Crippen LogP contribution in [0.25, 0.3) is 0 Å². The first-order chi connectivity index (χ1) is 14.0. The van der Waals surface area contributed by atoms with Crippen molar-refractivity contribution in [1.82, 2.24) is 25.8 Å². The van der Waals surface area contributed by atoms with E-state index in [0.717, 1.165) is 24.3 Å². The number of carbonyl (C=O) groups excluding carboxylic acids is 2. The summed E-state index contributed by atoms with van der Waals surface area (Å²) < 4.78 is 27.8. The second-order valence-electron chi connectivity index (χ2n) is 7.12. The maximum atomic E-state index is 13.9. The average molecular weight is 536 g/mol. The van der Waals surface area contributed by atoms with Crippen molar-refractivity contribution in [2.45, 2.75) is 25.4 Å². The summed E-state index contributed by atoms with van der Waals surface area (Å²) in [6, 6.07) is 3.60. The van der Waals surface area contributed by atoms with Gasteiger partial charge in [0.2, 0.25) is 5.91 Å². The van der Waals surface area contributed by atoms with Gasteiger partial charge in [-0.05, 0) is 31.5 Å². The minimum absolute atomic E-state index is 0. The molecule has 2 fully saturated rings. The molecule has 11 heteroatoms. The van der Waals surface area contributed by atoms with Crippen LogP contribution in [0.4, 0.5) is 13.6 Å². The number of hydrogen-bond donors (Lipinski definition) is 3. The standard InChI is InChI=1S/C19H26F2N6O2.HI/c1-22-18(23-7-9-27-17(28)10-24-19(27)29)25-13-4-3-8-26(11-13)12-14-15(20)5-2-6-16(14)21;/h2,5-6,13H,3-4,7-12H2,1H3,(H,24,29)(H2,22,23,25);1H. The monoisotopic (exact) mass is 536 g/mol. The molecule has 0 aliphatic carbocycles. The van der Waals surface area contributed by atoms with Gasteiger partial charge in [-0.3, -0.25) is 19.6 Å². The summed E-state index contributed by atoms with van der Waals surface area (Å²) in [6.07, 6.45) is 1.80. The number of rotatable bonds is 6. The highest BCUT2D eigenvalue weighted by molar-refractivity contribution is 14.0. The molecular formula is C19H27F2IN6O2. The highest BCUT2D eigenvalue weighted by Crippen LogP contribution is 2.18. The third-order valence-corrected chi connectivity index (χ3v) is 5.08. The molecule has 166 valence electrons. The van der Waals surface area contributed by atoms with Crippen LogP contribution in [0, 0.1) is 11.6 Å². The zero-order valence-electron chi connectivity index (χ0n) is 16.8. The fraction of sp³-hybridized carbons (Fsp3) is 0.526. The molecule has 3 amide bonds. The number of piperidine rings is 1. The molecule has 3 rings (SSSR count). The summed E-state index contributed by atoms with van der Waals surface area (Å²) >= 11 is 0. The van der Waals surface area contributed by atoms with Gasteiger partial charge in [0.25, 0.3) is 0 Å².